The summed E-state index contributed by atoms with van der Waals surface area (Å²) in [6.45, 7) is 2.45. The summed E-state index contributed by atoms with van der Waals surface area (Å²) in [4.78, 5) is 0. The SMILES string of the molecule is CC12CC3CC(CC(C3)C1NN)C2. The van der Waals surface area contributed by atoms with Crippen molar-refractivity contribution in [3.63, 3.8) is 0 Å². The molecule has 4 fully saturated rings. The van der Waals surface area contributed by atoms with Gasteiger partial charge in [-0.15, -0.1) is 0 Å². The second-order valence-corrected chi connectivity index (χ2v) is 5.91. The third kappa shape index (κ3) is 1.02. The lowest BCUT2D eigenvalue weighted by molar-refractivity contribution is -0.0738. The number of rotatable bonds is 1. The van der Waals surface area contributed by atoms with Gasteiger partial charge in [-0.2, -0.15) is 0 Å². The van der Waals surface area contributed by atoms with Gasteiger partial charge in [0.25, 0.3) is 0 Å². The first-order valence-electron chi connectivity index (χ1n) is 5.67. The van der Waals surface area contributed by atoms with E-state index >= 15 is 0 Å². The maximum Gasteiger partial charge on any atom is 0.0292 e. The van der Waals surface area contributed by atoms with Gasteiger partial charge >= 0.3 is 0 Å². The van der Waals surface area contributed by atoms with Crippen LogP contribution in [0.4, 0.5) is 0 Å². The summed E-state index contributed by atoms with van der Waals surface area (Å²) in [5.74, 6) is 8.65. The Morgan fingerprint density at radius 2 is 1.77 bits per heavy atom. The molecule has 4 rings (SSSR count). The Morgan fingerprint density at radius 3 is 2.23 bits per heavy atom. The molecule has 0 saturated heterocycles. The molecule has 3 N–H and O–H groups in total. The molecule has 0 aromatic carbocycles. The van der Waals surface area contributed by atoms with Crippen molar-refractivity contribution >= 4 is 0 Å². The molecular weight excluding hydrogens is 160 g/mol. The Kier molecular flexibility index (Phi) is 1.58. The average molecular weight is 180 g/mol. The lowest BCUT2D eigenvalue weighted by atomic mass is 9.48. The predicted octanol–water partition coefficient (Wildman–Crippen LogP) is 1.66. The molecule has 3 unspecified atom stereocenters. The summed E-state index contributed by atoms with van der Waals surface area (Å²) < 4.78 is 0. The highest BCUT2D eigenvalue weighted by Gasteiger charge is 2.54. The van der Waals surface area contributed by atoms with Crippen molar-refractivity contribution in [3.8, 4) is 0 Å². The van der Waals surface area contributed by atoms with E-state index in [-0.39, 0.29) is 0 Å². The first-order valence-corrected chi connectivity index (χ1v) is 5.67. The molecule has 4 bridgehead atoms. The van der Waals surface area contributed by atoms with E-state index in [1.165, 1.54) is 32.1 Å². The number of nitrogens with one attached hydrogen (secondary N) is 1. The predicted molar refractivity (Wildman–Crippen MR) is 52.8 cm³/mol. The van der Waals surface area contributed by atoms with Crippen molar-refractivity contribution in [2.24, 2.45) is 29.0 Å². The Labute approximate surface area is 80.2 Å². The van der Waals surface area contributed by atoms with Crippen LogP contribution in [0.2, 0.25) is 0 Å². The third-order valence-electron chi connectivity index (χ3n) is 4.85. The third-order valence-corrected chi connectivity index (χ3v) is 4.85. The van der Waals surface area contributed by atoms with Crippen molar-refractivity contribution in [2.75, 3.05) is 0 Å². The fourth-order valence-electron chi connectivity index (χ4n) is 4.78. The minimum absolute atomic E-state index is 0.531. The molecule has 0 spiro atoms. The minimum Gasteiger partial charge on any atom is -0.271 e. The molecule has 2 nitrogen and oxygen atoms in total. The largest absolute Gasteiger partial charge is 0.271 e. The number of nitrogens with two attached hydrogens (primary N) is 1. The zero-order valence-electron chi connectivity index (χ0n) is 8.42. The number of hydrogen-bond donors (Lipinski definition) is 2. The van der Waals surface area contributed by atoms with Crippen molar-refractivity contribution < 1.29 is 0 Å². The quantitative estimate of drug-likeness (QED) is 0.476. The lowest BCUT2D eigenvalue weighted by Gasteiger charge is -2.59. The van der Waals surface area contributed by atoms with Gasteiger partial charge in [-0.1, -0.05) is 6.92 Å². The van der Waals surface area contributed by atoms with Gasteiger partial charge in [0.05, 0.1) is 0 Å². The molecule has 0 amide bonds. The van der Waals surface area contributed by atoms with Crippen molar-refractivity contribution in [1.82, 2.24) is 5.43 Å². The van der Waals surface area contributed by atoms with Crippen LogP contribution in [-0.4, -0.2) is 6.04 Å². The molecule has 0 radical (unpaired) electrons. The smallest absolute Gasteiger partial charge is 0.0292 e. The summed E-state index contributed by atoms with van der Waals surface area (Å²) in [6.07, 6.45) is 7.26. The number of hydrazine groups is 1. The Morgan fingerprint density at radius 1 is 1.15 bits per heavy atom. The van der Waals surface area contributed by atoms with Crippen LogP contribution in [0.15, 0.2) is 0 Å². The maximum absolute atomic E-state index is 5.69. The normalized spacial score (nSPS) is 58.6. The summed E-state index contributed by atoms with van der Waals surface area (Å²) in [5, 5.41) is 0. The molecular formula is C11H20N2. The first-order chi connectivity index (χ1) is 6.21. The highest BCUT2D eigenvalue weighted by Crippen LogP contribution is 2.59. The van der Waals surface area contributed by atoms with Gasteiger partial charge in [0.2, 0.25) is 0 Å². The molecule has 0 aromatic rings. The van der Waals surface area contributed by atoms with Gasteiger partial charge in [0.1, 0.15) is 0 Å². The summed E-state index contributed by atoms with van der Waals surface area (Å²) in [7, 11) is 0. The summed E-state index contributed by atoms with van der Waals surface area (Å²) in [6, 6.07) is 0.611. The van der Waals surface area contributed by atoms with E-state index in [9.17, 15) is 0 Å². The molecule has 0 heterocycles. The number of hydrogen-bond acceptors (Lipinski definition) is 2. The minimum atomic E-state index is 0.531. The Hall–Kier alpha value is -0.0800. The van der Waals surface area contributed by atoms with E-state index in [2.05, 4.69) is 12.3 Å². The van der Waals surface area contributed by atoms with Crippen LogP contribution in [0, 0.1) is 23.2 Å². The molecule has 74 valence electrons. The van der Waals surface area contributed by atoms with E-state index in [1.54, 1.807) is 0 Å². The second kappa shape index (κ2) is 2.48. The van der Waals surface area contributed by atoms with Crippen LogP contribution in [0.1, 0.15) is 39.0 Å². The topological polar surface area (TPSA) is 38.0 Å². The van der Waals surface area contributed by atoms with Crippen LogP contribution in [0.5, 0.6) is 0 Å². The van der Waals surface area contributed by atoms with Crippen LogP contribution >= 0.6 is 0 Å². The lowest BCUT2D eigenvalue weighted by Crippen LogP contribution is -2.61. The van der Waals surface area contributed by atoms with Gasteiger partial charge < -0.3 is 0 Å². The van der Waals surface area contributed by atoms with Crippen molar-refractivity contribution in [1.29, 1.82) is 0 Å². The zero-order chi connectivity index (χ0) is 9.05. The van der Waals surface area contributed by atoms with Gasteiger partial charge in [-0.25, -0.2) is 0 Å². The summed E-state index contributed by atoms with van der Waals surface area (Å²) >= 11 is 0. The van der Waals surface area contributed by atoms with Gasteiger partial charge in [0.15, 0.2) is 0 Å². The molecule has 0 aliphatic heterocycles. The standard InChI is InChI=1S/C11H20N2/c1-11-5-7-2-8(6-11)4-9(3-7)10(11)13-12/h7-10,13H,2-6,12H2,1H3. The molecule has 4 aliphatic carbocycles. The summed E-state index contributed by atoms with van der Waals surface area (Å²) in [5.41, 5.74) is 3.62. The monoisotopic (exact) mass is 180 g/mol. The highest BCUT2D eigenvalue weighted by atomic mass is 15.2. The highest BCUT2D eigenvalue weighted by molar-refractivity contribution is 5.06. The van der Waals surface area contributed by atoms with Crippen LogP contribution in [-0.2, 0) is 0 Å². The Balaban J connectivity index is 1.93. The van der Waals surface area contributed by atoms with Crippen LogP contribution in [0.3, 0.4) is 0 Å². The molecule has 0 aromatic heterocycles. The zero-order valence-corrected chi connectivity index (χ0v) is 8.42. The van der Waals surface area contributed by atoms with Crippen molar-refractivity contribution in [3.05, 3.63) is 0 Å². The van der Waals surface area contributed by atoms with Gasteiger partial charge in [0, 0.05) is 6.04 Å². The first kappa shape index (κ1) is 8.25. The van der Waals surface area contributed by atoms with Gasteiger partial charge in [-0.05, 0) is 55.3 Å². The maximum atomic E-state index is 5.69. The molecule has 3 atom stereocenters. The Bertz CT molecular complexity index is 212. The van der Waals surface area contributed by atoms with Crippen LogP contribution < -0.4 is 11.3 Å². The average Bonchev–Trinajstić information content (AvgIpc) is 2.00. The molecule has 4 aliphatic rings. The van der Waals surface area contributed by atoms with E-state index in [4.69, 9.17) is 5.84 Å². The van der Waals surface area contributed by atoms with E-state index in [1.807, 2.05) is 0 Å². The van der Waals surface area contributed by atoms with Crippen molar-refractivity contribution in [2.45, 2.75) is 45.1 Å². The molecule has 13 heavy (non-hydrogen) atoms. The molecule has 2 heteroatoms. The van der Waals surface area contributed by atoms with E-state index in [0.29, 0.717) is 11.5 Å². The van der Waals surface area contributed by atoms with E-state index < -0.39 is 0 Å². The molecule has 4 saturated carbocycles. The van der Waals surface area contributed by atoms with Crippen LogP contribution in [0.25, 0.3) is 0 Å². The van der Waals surface area contributed by atoms with Gasteiger partial charge in [-0.3, -0.25) is 11.3 Å². The fourth-order valence-corrected chi connectivity index (χ4v) is 4.78. The fraction of sp³-hybridized carbons (Fsp3) is 1.00. The van der Waals surface area contributed by atoms with E-state index in [0.717, 1.165) is 17.8 Å². The second-order valence-electron chi connectivity index (χ2n) is 5.91.